The second-order valence-electron chi connectivity index (χ2n) is 5.24. The average molecular weight is 317 g/mol. The SMILES string of the molecule is C[C@]1(F)C(n2cnc3c(=O)[nH]c(N)nc32)O[C@](F)(CO)[C@H]1O. The van der Waals surface area contributed by atoms with Gasteiger partial charge in [0, 0.05) is 0 Å². The highest BCUT2D eigenvalue weighted by Crippen LogP contribution is 2.47. The maximum absolute atomic E-state index is 14.7. The molecule has 22 heavy (non-hydrogen) atoms. The molecule has 5 N–H and O–H groups in total. The van der Waals surface area contributed by atoms with Crippen molar-refractivity contribution in [3.05, 3.63) is 16.7 Å². The fourth-order valence-corrected chi connectivity index (χ4v) is 2.49. The van der Waals surface area contributed by atoms with Crippen molar-refractivity contribution >= 4 is 17.1 Å². The molecule has 9 nitrogen and oxygen atoms in total. The van der Waals surface area contributed by atoms with Gasteiger partial charge in [0.15, 0.2) is 29.2 Å². The Morgan fingerprint density at radius 3 is 2.86 bits per heavy atom. The van der Waals surface area contributed by atoms with E-state index in [1.54, 1.807) is 0 Å². The number of nitrogens with one attached hydrogen (secondary N) is 1. The molecule has 0 radical (unpaired) electrons. The molecule has 2 aromatic heterocycles. The molecule has 1 saturated heterocycles. The van der Waals surface area contributed by atoms with Gasteiger partial charge in [-0.25, -0.2) is 13.8 Å². The fraction of sp³-hybridized carbons (Fsp3) is 0.545. The largest absolute Gasteiger partial charge is 0.390 e. The summed E-state index contributed by atoms with van der Waals surface area (Å²) < 4.78 is 34.7. The molecule has 1 aliphatic heterocycles. The Morgan fingerprint density at radius 2 is 2.27 bits per heavy atom. The number of nitrogens with zero attached hydrogens (tertiary/aromatic N) is 3. The molecule has 11 heteroatoms. The van der Waals surface area contributed by atoms with Gasteiger partial charge < -0.3 is 20.7 Å². The van der Waals surface area contributed by atoms with Crippen molar-refractivity contribution in [3.8, 4) is 0 Å². The molecule has 3 heterocycles. The molecular formula is C11H13F2N5O4. The topological polar surface area (TPSA) is 139 Å². The van der Waals surface area contributed by atoms with Crippen molar-refractivity contribution in [2.45, 2.75) is 30.8 Å². The Balaban J connectivity index is 2.18. The molecule has 0 aromatic carbocycles. The summed E-state index contributed by atoms with van der Waals surface area (Å²) in [6.45, 7) is -0.339. The number of hydrogen-bond acceptors (Lipinski definition) is 7. The number of nitrogens with two attached hydrogens (primary N) is 1. The van der Waals surface area contributed by atoms with E-state index in [2.05, 4.69) is 15.0 Å². The first kappa shape index (κ1) is 14.8. The number of halogens is 2. The zero-order valence-corrected chi connectivity index (χ0v) is 11.3. The van der Waals surface area contributed by atoms with Gasteiger partial charge in [-0.05, 0) is 6.92 Å². The molecule has 0 amide bonds. The van der Waals surface area contributed by atoms with E-state index >= 15 is 0 Å². The lowest BCUT2D eigenvalue weighted by Gasteiger charge is -2.24. The Morgan fingerprint density at radius 1 is 1.59 bits per heavy atom. The van der Waals surface area contributed by atoms with E-state index in [-0.39, 0.29) is 17.1 Å². The number of H-pyrrole nitrogens is 1. The minimum absolute atomic E-state index is 0.135. The van der Waals surface area contributed by atoms with E-state index in [0.29, 0.717) is 0 Å². The summed E-state index contributed by atoms with van der Waals surface area (Å²) in [5.74, 6) is -3.23. The summed E-state index contributed by atoms with van der Waals surface area (Å²) in [4.78, 5) is 21.5. The maximum Gasteiger partial charge on any atom is 0.280 e. The lowest BCUT2D eigenvalue weighted by molar-refractivity contribution is -0.206. The first-order valence-corrected chi connectivity index (χ1v) is 6.27. The third kappa shape index (κ3) is 1.82. The van der Waals surface area contributed by atoms with E-state index in [1.807, 2.05) is 0 Å². The number of nitrogen functional groups attached to an aromatic ring is 1. The van der Waals surface area contributed by atoms with Gasteiger partial charge in [-0.15, -0.1) is 0 Å². The standard InChI is InChI=1S/C11H13F2N5O4/c1-10(12)7(21)11(13,2-19)22-8(10)18-3-15-4-5(18)16-9(14)17-6(4)20/h3,7-8,19,21H,2H2,1H3,(H3,14,16,17,20)/t7-,8?,10+,11+/m0/s1. The van der Waals surface area contributed by atoms with Crippen molar-refractivity contribution in [1.82, 2.24) is 19.5 Å². The molecule has 1 fully saturated rings. The van der Waals surface area contributed by atoms with Gasteiger partial charge in [-0.1, -0.05) is 0 Å². The highest BCUT2D eigenvalue weighted by molar-refractivity contribution is 5.70. The van der Waals surface area contributed by atoms with E-state index < -0.39 is 36.0 Å². The lowest BCUT2D eigenvalue weighted by Crippen LogP contribution is -2.46. The number of fused-ring (bicyclic) bond motifs is 1. The van der Waals surface area contributed by atoms with Crippen LogP contribution in [0, 0.1) is 0 Å². The van der Waals surface area contributed by atoms with Crippen LogP contribution in [0.25, 0.3) is 11.2 Å². The van der Waals surface area contributed by atoms with Crippen molar-refractivity contribution in [3.63, 3.8) is 0 Å². The van der Waals surface area contributed by atoms with Gasteiger partial charge in [0.2, 0.25) is 5.95 Å². The molecule has 4 atom stereocenters. The fourth-order valence-electron chi connectivity index (χ4n) is 2.49. The predicted molar refractivity (Wildman–Crippen MR) is 69.1 cm³/mol. The average Bonchev–Trinajstić information content (AvgIpc) is 2.93. The van der Waals surface area contributed by atoms with Gasteiger partial charge in [-0.3, -0.25) is 14.3 Å². The van der Waals surface area contributed by atoms with Gasteiger partial charge in [0.25, 0.3) is 11.4 Å². The second-order valence-corrected chi connectivity index (χ2v) is 5.24. The molecule has 1 unspecified atom stereocenters. The van der Waals surface area contributed by atoms with Crippen LogP contribution >= 0.6 is 0 Å². The Labute approximate surface area is 121 Å². The molecule has 0 saturated carbocycles. The quantitative estimate of drug-likeness (QED) is 0.556. The number of alkyl halides is 2. The van der Waals surface area contributed by atoms with Crippen LogP contribution < -0.4 is 11.3 Å². The number of aliphatic hydroxyl groups excluding tert-OH is 2. The number of ether oxygens (including phenoxy) is 1. The Hall–Kier alpha value is -2.11. The van der Waals surface area contributed by atoms with Gasteiger partial charge >= 0.3 is 0 Å². The molecule has 0 spiro atoms. The minimum Gasteiger partial charge on any atom is -0.390 e. The Kier molecular flexibility index (Phi) is 2.99. The minimum atomic E-state index is -2.99. The van der Waals surface area contributed by atoms with Crippen LogP contribution in [-0.4, -0.2) is 54.0 Å². The smallest absolute Gasteiger partial charge is 0.280 e. The van der Waals surface area contributed by atoms with Crippen LogP contribution in [0.15, 0.2) is 11.1 Å². The number of anilines is 1. The highest BCUT2D eigenvalue weighted by atomic mass is 19.2. The molecular weight excluding hydrogens is 304 g/mol. The van der Waals surface area contributed by atoms with Crippen molar-refractivity contribution in [1.29, 1.82) is 0 Å². The third-order valence-corrected chi connectivity index (χ3v) is 3.65. The predicted octanol–water partition coefficient (Wildman–Crippen LogP) is -1.02. The number of aliphatic hydroxyl groups is 2. The van der Waals surface area contributed by atoms with Crippen molar-refractivity contribution in [2.75, 3.05) is 12.3 Å². The van der Waals surface area contributed by atoms with Gasteiger partial charge in [-0.2, -0.15) is 4.98 Å². The molecule has 2 aromatic rings. The number of hydrogen-bond donors (Lipinski definition) is 4. The van der Waals surface area contributed by atoms with E-state index in [0.717, 1.165) is 17.8 Å². The van der Waals surface area contributed by atoms with Crippen molar-refractivity contribution < 1.29 is 23.7 Å². The summed E-state index contributed by atoms with van der Waals surface area (Å²) >= 11 is 0. The highest BCUT2D eigenvalue weighted by Gasteiger charge is 2.64. The summed E-state index contributed by atoms with van der Waals surface area (Å²) in [5.41, 5.74) is 1.87. The van der Waals surface area contributed by atoms with E-state index in [1.165, 1.54) is 0 Å². The van der Waals surface area contributed by atoms with Crippen LogP contribution in [0.2, 0.25) is 0 Å². The molecule has 0 aliphatic carbocycles. The monoisotopic (exact) mass is 317 g/mol. The first-order valence-electron chi connectivity index (χ1n) is 6.27. The van der Waals surface area contributed by atoms with Gasteiger partial charge in [0.05, 0.1) is 6.33 Å². The number of aromatic amines is 1. The molecule has 1 aliphatic rings. The normalized spacial score (nSPS) is 35.3. The van der Waals surface area contributed by atoms with Crippen molar-refractivity contribution in [2.24, 2.45) is 0 Å². The van der Waals surface area contributed by atoms with Gasteiger partial charge in [0.1, 0.15) is 6.61 Å². The Bertz CT molecular complexity index is 790. The second kappa shape index (κ2) is 4.44. The zero-order valence-electron chi connectivity index (χ0n) is 11.3. The van der Waals surface area contributed by atoms with E-state index in [4.69, 9.17) is 15.6 Å². The summed E-state index contributed by atoms with van der Waals surface area (Å²) in [5, 5.41) is 18.7. The third-order valence-electron chi connectivity index (χ3n) is 3.65. The summed E-state index contributed by atoms with van der Waals surface area (Å²) in [7, 11) is 0. The number of rotatable bonds is 2. The molecule has 0 bridgehead atoms. The first-order chi connectivity index (χ1) is 10.2. The zero-order chi connectivity index (χ0) is 16.3. The summed E-state index contributed by atoms with van der Waals surface area (Å²) in [6, 6.07) is 0. The number of aromatic nitrogens is 4. The molecule has 120 valence electrons. The molecule has 3 rings (SSSR count). The summed E-state index contributed by atoms with van der Waals surface area (Å²) in [6.07, 6.45) is -2.92. The van der Waals surface area contributed by atoms with Crippen LogP contribution in [0.3, 0.4) is 0 Å². The van der Waals surface area contributed by atoms with Crippen LogP contribution in [0.5, 0.6) is 0 Å². The van der Waals surface area contributed by atoms with Crippen LogP contribution in [0.1, 0.15) is 13.2 Å². The number of imidazole rings is 1. The lowest BCUT2D eigenvalue weighted by atomic mass is 9.97. The maximum atomic E-state index is 14.7. The van der Waals surface area contributed by atoms with E-state index in [9.17, 15) is 18.7 Å². The van der Waals surface area contributed by atoms with Crippen LogP contribution in [-0.2, 0) is 4.74 Å². The van der Waals surface area contributed by atoms with Crippen LogP contribution in [0.4, 0.5) is 14.7 Å².